The average Bonchev–Trinajstić information content (AvgIpc) is 3.03. The molecule has 0 bridgehead atoms. The van der Waals surface area contributed by atoms with Gasteiger partial charge in [0.15, 0.2) is 0 Å². The number of rotatable bonds is 38. The summed E-state index contributed by atoms with van der Waals surface area (Å²) in [6.45, 7) is 4.95. The number of hydrogen-bond donors (Lipinski definition) is 4. The van der Waals surface area contributed by atoms with Crippen LogP contribution in [0.2, 0.25) is 0 Å². The molecule has 3 unspecified atom stereocenters. The molecule has 0 aromatic heterocycles. The van der Waals surface area contributed by atoms with Crippen molar-refractivity contribution in [3.63, 3.8) is 0 Å². The van der Waals surface area contributed by atoms with Gasteiger partial charge in [-0.05, 0) is 12.8 Å². The lowest BCUT2D eigenvalue weighted by atomic mass is 10.0. The second-order valence-electron chi connectivity index (χ2n) is 14.2. The van der Waals surface area contributed by atoms with E-state index in [9.17, 15) is 15.3 Å². The molecule has 0 heterocycles. The molecule has 0 radical (unpaired) electrons. The standard InChI is InChI=1S/C40H83NO3/c1-3-5-7-9-11-13-15-17-18-19-20-21-23-24-26-28-30-32-34-38(43)36-41-39(37-42)40(44)35-33-31-29-27-25-22-16-14-12-10-8-6-4-2/h38-44H,3-37H2,1-2H3. The minimum atomic E-state index is -0.537. The molecule has 0 rings (SSSR count). The Bertz CT molecular complexity index is 517. The highest BCUT2D eigenvalue weighted by atomic mass is 16.3. The molecule has 0 aromatic rings. The summed E-state index contributed by atoms with van der Waals surface area (Å²) in [6, 6.07) is -0.331. The van der Waals surface area contributed by atoms with Crippen molar-refractivity contribution in [3.8, 4) is 0 Å². The van der Waals surface area contributed by atoms with Crippen LogP contribution in [0.3, 0.4) is 0 Å². The molecule has 266 valence electrons. The zero-order chi connectivity index (χ0) is 32.2. The van der Waals surface area contributed by atoms with Crippen LogP contribution in [-0.4, -0.2) is 46.7 Å². The van der Waals surface area contributed by atoms with Crippen molar-refractivity contribution < 1.29 is 15.3 Å². The van der Waals surface area contributed by atoms with Crippen LogP contribution in [0.15, 0.2) is 0 Å². The molecule has 0 amide bonds. The quantitative estimate of drug-likeness (QED) is 0.0515. The van der Waals surface area contributed by atoms with Crippen molar-refractivity contribution >= 4 is 0 Å². The molecule has 0 saturated heterocycles. The lowest BCUT2D eigenvalue weighted by Crippen LogP contribution is -2.45. The third-order valence-electron chi connectivity index (χ3n) is 9.77. The van der Waals surface area contributed by atoms with Gasteiger partial charge >= 0.3 is 0 Å². The van der Waals surface area contributed by atoms with E-state index in [0.29, 0.717) is 6.54 Å². The van der Waals surface area contributed by atoms with Gasteiger partial charge in [0.05, 0.1) is 24.9 Å². The number of unbranched alkanes of at least 4 members (excludes halogenated alkanes) is 29. The monoisotopic (exact) mass is 626 g/mol. The Morgan fingerprint density at radius 2 is 0.659 bits per heavy atom. The van der Waals surface area contributed by atoms with E-state index in [2.05, 4.69) is 19.2 Å². The fourth-order valence-corrected chi connectivity index (χ4v) is 6.57. The minimum Gasteiger partial charge on any atom is -0.395 e. The minimum absolute atomic E-state index is 0.0779. The highest BCUT2D eigenvalue weighted by molar-refractivity contribution is 4.76. The van der Waals surface area contributed by atoms with Crippen molar-refractivity contribution in [1.29, 1.82) is 0 Å². The van der Waals surface area contributed by atoms with Crippen LogP contribution >= 0.6 is 0 Å². The first-order valence-corrected chi connectivity index (χ1v) is 20.4. The molecule has 44 heavy (non-hydrogen) atoms. The predicted octanol–water partition coefficient (Wildman–Crippen LogP) is 11.6. The van der Waals surface area contributed by atoms with E-state index in [0.717, 1.165) is 32.1 Å². The predicted molar refractivity (Wildman–Crippen MR) is 195 cm³/mol. The van der Waals surface area contributed by atoms with Gasteiger partial charge in [-0.1, -0.05) is 213 Å². The smallest absolute Gasteiger partial charge is 0.0715 e. The summed E-state index contributed by atoms with van der Waals surface area (Å²) in [6.07, 6.45) is 42.5. The van der Waals surface area contributed by atoms with Crippen LogP contribution in [0.25, 0.3) is 0 Å². The molecule has 4 nitrogen and oxygen atoms in total. The van der Waals surface area contributed by atoms with E-state index in [4.69, 9.17) is 0 Å². The van der Waals surface area contributed by atoms with Gasteiger partial charge in [-0.15, -0.1) is 0 Å². The van der Waals surface area contributed by atoms with E-state index in [-0.39, 0.29) is 12.6 Å². The largest absolute Gasteiger partial charge is 0.395 e. The van der Waals surface area contributed by atoms with Gasteiger partial charge in [-0.2, -0.15) is 0 Å². The maximum atomic E-state index is 10.5. The van der Waals surface area contributed by atoms with E-state index in [1.807, 2.05) is 0 Å². The Kier molecular flexibility index (Phi) is 37.2. The van der Waals surface area contributed by atoms with Gasteiger partial charge < -0.3 is 20.6 Å². The Hall–Kier alpha value is -0.160. The van der Waals surface area contributed by atoms with Gasteiger partial charge in [0.1, 0.15) is 0 Å². The summed E-state index contributed by atoms with van der Waals surface area (Å²) >= 11 is 0. The fourth-order valence-electron chi connectivity index (χ4n) is 6.57. The summed E-state index contributed by atoms with van der Waals surface area (Å²) in [7, 11) is 0. The summed E-state index contributed by atoms with van der Waals surface area (Å²) in [4.78, 5) is 0. The van der Waals surface area contributed by atoms with E-state index < -0.39 is 12.2 Å². The molecular formula is C40H83NO3. The summed E-state index contributed by atoms with van der Waals surface area (Å²) < 4.78 is 0. The summed E-state index contributed by atoms with van der Waals surface area (Å²) in [5, 5.41) is 33.9. The first-order valence-electron chi connectivity index (χ1n) is 20.4. The molecule has 0 aliphatic rings. The molecule has 0 fully saturated rings. The SMILES string of the molecule is CCCCCCCCCCCCCCCCCCCCC(O)CNC(CO)C(O)CCCCCCCCCCCCCCC. The van der Waals surface area contributed by atoms with Crippen molar-refractivity contribution in [2.45, 2.75) is 244 Å². The summed E-state index contributed by atoms with van der Waals surface area (Å²) in [5.41, 5.74) is 0. The van der Waals surface area contributed by atoms with Crippen LogP contribution in [-0.2, 0) is 0 Å². The molecule has 0 saturated carbocycles. The van der Waals surface area contributed by atoms with Crippen LogP contribution in [0.1, 0.15) is 226 Å². The average molecular weight is 626 g/mol. The lowest BCUT2D eigenvalue weighted by molar-refractivity contribution is 0.0693. The van der Waals surface area contributed by atoms with Crippen LogP contribution in [0, 0.1) is 0 Å². The highest BCUT2D eigenvalue weighted by Gasteiger charge is 2.18. The molecule has 3 atom stereocenters. The van der Waals surface area contributed by atoms with E-state index >= 15 is 0 Å². The Morgan fingerprint density at radius 1 is 0.386 bits per heavy atom. The highest BCUT2D eigenvalue weighted by Crippen LogP contribution is 2.16. The van der Waals surface area contributed by atoms with Crippen LogP contribution in [0.5, 0.6) is 0 Å². The molecule has 0 aliphatic heterocycles. The number of aliphatic hydroxyl groups excluding tert-OH is 3. The third-order valence-corrected chi connectivity index (χ3v) is 9.77. The van der Waals surface area contributed by atoms with Gasteiger partial charge in [0, 0.05) is 6.54 Å². The van der Waals surface area contributed by atoms with Crippen molar-refractivity contribution in [2.75, 3.05) is 13.2 Å². The van der Waals surface area contributed by atoms with Crippen LogP contribution < -0.4 is 5.32 Å². The fraction of sp³-hybridized carbons (Fsp3) is 1.00. The molecule has 4 heteroatoms. The van der Waals surface area contributed by atoms with Crippen molar-refractivity contribution in [2.24, 2.45) is 0 Å². The maximum Gasteiger partial charge on any atom is 0.0715 e. The molecule has 0 aliphatic carbocycles. The maximum absolute atomic E-state index is 10.5. The van der Waals surface area contributed by atoms with Crippen molar-refractivity contribution in [3.05, 3.63) is 0 Å². The van der Waals surface area contributed by atoms with Gasteiger partial charge in [0.25, 0.3) is 0 Å². The zero-order valence-electron chi connectivity index (χ0n) is 30.3. The first-order chi connectivity index (χ1) is 21.7. The topological polar surface area (TPSA) is 72.7 Å². The van der Waals surface area contributed by atoms with E-state index in [1.165, 1.54) is 180 Å². The Balaban J connectivity index is 3.47. The second-order valence-corrected chi connectivity index (χ2v) is 14.2. The Morgan fingerprint density at radius 3 is 0.955 bits per heavy atom. The van der Waals surface area contributed by atoms with Gasteiger partial charge in [0.2, 0.25) is 0 Å². The zero-order valence-corrected chi connectivity index (χ0v) is 30.3. The van der Waals surface area contributed by atoms with Gasteiger partial charge in [-0.25, -0.2) is 0 Å². The van der Waals surface area contributed by atoms with E-state index in [1.54, 1.807) is 0 Å². The normalized spacial score (nSPS) is 13.8. The molecular weight excluding hydrogens is 542 g/mol. The lowest BCUT2D eigenvalue weighted by Gasteiger charge is -2.24. The summed E-state index contributed by atoms with van der Waals surface area (Å²) in [5.74, 6) is 0. The molecule has 0 spiro atoms. The van der Waals surface area contributed by atoms with Crippen LogP contribution in [0.4, 0.5) is 0 Å². The third kappa shape index (κ3) is 33.2. The van der Waals surface area contributed by atoms with Gasteiger partial charge in [-0.3, -0.25) is 0 Å². The van der Waals surface area contributed by atoms with Crippen molar-refractivity contribution in [1.82, 2.24) is 5.32 Å². The number of hydrogen-bond acceptors (Lipinski definition) is 4. The number of aliphatic hydroxyl groups is 3. The molecule has 0 aromatic carbocycles. The first kappa shape index (κ1) is 43.8. The number of nitrogens with one attached hydrogen (secondary N) is 1. The Labute approximate surface area is 277 Å². The molecule has 4 N–H and O–H groups in total. The second kappa shape index (κ2) is 37.3.